The number of amides is 2. The molecule has 0 aromatic heterocycles. The van der Waals surface area contributed by atoms with E-state index in [1.807, 2.05) is 31.2 Å². The van der Waals surface area contributed by atoms with Crippen LogP contribution in [0.2, 0.25) is 5.02 Å². The number of anilines is 3. The first kappa shape index (κ1) is 20.8. The largest absolute Gasteiger partial charge is 0.375 e. The molecule has 0 aliphatic rings. The average Bonchev–Trinajstić information content (AvgIpc) is 2.62. The molecule has 5 nitrogen and oxygen atoms in total. The summed E-state index contributed by atoms with van der Waals surface area (Å²) in [6, 6.07) is 12.9. The lowest BCUT2D eigenvalue weighted by molar-refractivity contribution is -0.116. The van der Waals surface area contributed by atoms with Crippen LogP contribution in [0.4, 0.5) is 17.1 Å². The third kappa shape index (κ3) is 6.29. The van der Waals surface area contributed by atoms with Crippen LogP contribution in [-0.4, -0.2) is 18.4 Å². The van der Waals surface area contributed by atoms with Crippen molar-refractivity contribution in [1.82, 2.24) is 0 Å². The van der Waals surface area contributed by atoms with Crippen LogP contribution in [0.3, 0.4) is 0 Å². The summed E-state index contributed by atoms with van der Waals surface area (Å²) in [4.78, 5) is 24.1. The molecule has 0 spiro atoms. The lowest BCUT2D eigenvalue weighted by Gasteiger charge is -2.15. The molecular formula is C21H26ClN3O2. The van der Waals surface area contributed by atoms with Crippen molar-refractivity contribution in [1.29, 1.82) is 0 Å². The number of carbonyl (C=O) groups is 2. The SMILES string of the molecule is CCCC(=O)Nc1ccc(Cl)c(NCC(=O)Nc2ccccc2C(C)C)c1. The van der Waals surface area contributed by atoms with Crippen LogP contribution in [0.5, 0.6) is 0 Å². The first-order chi connectivity index (χ1) is 12.9. The molecule has 0 bridgehead atoms. The van der Waals surface area contributed by atoms with Crippen LogP contribution in [0.25, 0.3) is 0 Å². The van der Waals surface area contributed by atoms with Crippen LogP contribution in [0.15, 0.2) is 42.5 Å². The minimum atomic E-state index is -0.167. The quantitative estimate of drug-likeness (QED) is 0.579. The van der Waals surface area contributed by atoms with Gasteiger partial charge in [-0.05, 0) is 42.2 Å². The molecule has 0 atom stereocenters. The Morgan fingerprint density at radius 1 is 1.00 bits per heavy atom. The number of rotatable bonds is 8. The van der Waals surface area contributed by atoms with Gasteiger partial charge in [0.15, 0.2) is 0 Å². The van der Waals surface area contributed by atoms with E-state index in [1.165, 1.54) is 0 Å². The number of benzene rings is 2. The first-order valence-electron chi connectivity index (χ1n) is 9.12. The Balaban J connectivity index is 1.99. The predicted octanol–water partition coefficient (Wildman–Crippen LogP) is 5.25. The molecule has 6 heteroatoms. The molecule has 0 saturated carbocycles. The van der Waals surface area contributed by atoms with E-state index >= 15 is 0 Å². The van der Waals surface area contributed by atoms with E-state index in [0.717, 1.165) is 17.7 Å². The molecule has 2 aromatic rings. The zero-order chi connectivity index (χ0) is 19.8. The van der Waals surface area contributed by atoms with Gasteiger partial charge in [0.25, 0.3) is 0 Å². The summed E-state index contributed by atoms with van der Waals surface area (Å²) in [6.45, 7) is 6.19. The standard InChI is InChI=1S/C21H26ClN3O2/c1-4-7-20(26)24-15-10-11-17(22)19(12-15)23-13-21(27)25-18-9-6-5-8-16(18)14(2)3/h5-6,8-12,14,23H,4,7,13H2,1-3H3,(H,24,26)(H,25,27). The van der Waals surface area contributed by atoms with Crippen molar-refractivity contribution in [3.8, 4) is 0 Å². The fraction of sp³-hybridized carbons (Fsp3) is 0.333. The summed E-state index contributed by atoms with van der Waals surface area (Å²) >= 11 is 6.20. The summed E-state index contributed by atoms with van der Waals surface area (Å²) in [5.74, 6) is 0.0979. The zero-order valence-electron chi connectivity index (χ0n) is 15.9. The molecule has 0 unspecified atom stereocenters. The Labute approximate surface area is 165 Å². The minimum Gasteiger partial charge on any atom is -0.375 e. The maximum absolute atomic E-state index is 12.3. The average molecular weight is 388 g/mol. The summed E-state index contributed by atoms with van der Waals surface area (Å²) < 4.78 is 0. The smallest absolute Gasteiger partial charge is 0.243 e. The molecule has 2 aromatic carbocycles. The van der Waals surface area contributed by atoms with E-state index in [2.05, 4.69) is 29.8 Å². The number of nitrogens with one attached hydrogen (secondary N) is 3. The number of hydrogen-bond donors (Lipinski definition) is 3. The highest BCUT2D eigenvalue weighted by Gasteiger charge is 2.10. The molecule has 2 rings (SSSR count). The van der Waals surface area contributed by atoms with Gasteiger partial charge in [0.05, 0.1) is 17.3 Å². The molecule has 0 heterocycles. The third-order valence-electron chi connectivity index (χ3n) is 4.02. The summed E-state index contributed by atoms with van der Waals surface area (Å²) in [6.07, 6.45) is 1.24. The van der Waals surface area contributed by atoms with Gasteiger partial charge in [-0.15, -0.1) is 0 Å². The Bertz CT molecular complexity index is 806. The highest BCUT2D eigenvalue weighted by Crippen LogP contribution is 2.26. The van der Waals surface area contributed by atoms with Crippen molar-refractivity contribution in [3.63, 3.8) is 0 Å². The number of halogens is 1. The molecule has 0 aliphatic heterocycles. The Hall–Kier alpha value is -2.53. The minimum absolute atomic E-state index is 0.0474. The second-order valence-corrected chi connectivity index (χ2v) is 7.04. The number of hydrogen-bond acceptors (Lipinski definition) is 3. The Morgan fingerprint density at radius 2 is 1.74 bits per heavy atom. The lowest BCUT2D eigenvalue weighted by atomic mass is 10.0. The summed E-state index contributed by atoms with van der Waals surface area (Å²) in [5.41, 5.74) is 3.14. The van der Waals surface area contributed by atoms with E-state index in [1.54, 1.807) is 18.2 Å². The second kappa shape index (κ2) is 9.97. The van der Waals surface area contributed by atoms with Gasteiger partial charge in [0.1, 0.15) is 0 Å². The Kier molecular flexibility index (Phi) is 7.67. The highest BCUT2D eigenvalue weighted by atomic mass is 35.5. The molecule has 3 N–H and O–H groups in total. The predicted molar refractivity (Wildman–Crippen MR) is 113 cm³/mol. The van der Waals surface area contributed by atoms with Crippen molar-refractivity contribution >= 4 is 40.5 Å². The van der Waals surface area contributed by atoms with Crippen LogP contribution >= 0.6 is 11.6 Å². The fourth-order valence-electron chi connectivity index (χ4n) is 2.67. The van der Waals surface area contributed by atoms with Crippen LogP contribution in [0.1, 0.15) is 45.1 Å². The van der Waals surface area contributed by atoms with Gasteiger partial charge in [0, 0.05) is 17.8 Å². The third-order valence-corrected chi connectivity index (χ3v) is 4.35. The molecule has 0 fully saturated rings. The van der Waals surface area contributed by atoms with E-state index in [0.29, 0.717) is 28.7 Å². The maximum atomic E-state index is 12.3. The van der Waals surface area contributed by atoms with Crippen molar-refractivity contribution in [3.05, 3.63) is 53.1 Å². The van der Waals surface area contributed by atoms with Crippen molar-refractivity contribution in [2.75, 3.05) is 22.5 Å². The van der Waals surface area contributed by atoms with Gasteiger partial charge >= 0.3 is 0 Å². The molecule has 0 saturated heterocycles. The topological polar surface area (TPSA) is 70.2 Å². The monoisotopic (exact) mass is 387 g/mol. The summed E-state index contributed by atoms with van der Waals surface area (Å²) in [5, 5.41) is 9.27. The van der Waals surface area contributed by atoms with Gasteiger partial charge in [0.2, 0.25) is 11.8 Å². The fourth-order valence-corrected chi connectivity index (χ4v) is 2.86. The second-order valence-electron chi connectivity index (χ2n) is 6.64. The van der Waals surface area contributed by atoms with E-state index in [4.69, 9.17) is 11.6 Å². The molecule has 144 valence electrons. The molecular weight excluding hydrogens is 362 g/mol. The highest BCUT2D eigenvalue weighted by molar-refractivity contribution is 6.33. The van der Waals surface area contributed by atoms with Crippen molar-refractivity contribution in [2.24, 2.45) is 0 Å². The Morgan fingerprint density at radius 3 is 2.44 bits per heavy atom. The van der Waals surface area contributed by atoms with Gasteiger partial charge in [-0.3, -0.25) is 9.59 Å². The lowest BCUT2D eigenvalue weighted by Crippen LogP contribution is -2.22. The van der Waals surface area contributed by atoms with Gasteiger partial charge in [-0.1, -0.05) is 50.6 Å². The maximum Gasteiger partial charge on any atom is 0.243 e. The zero-order valence-corrected chi connectivity index (χ0v) is 16.7. The van der Waals surface area contributed by atoms with Crippen LogP contribution < -0.4 is 16.0 Å². The molecule has 27 heavy (non-hydrogen) atoms. The molecule has 0 radical (unpaired) electrons. The summed E-state index contributed by atoms with van der Waals surface area (Å²) in [7, 11) is 0. The van der Waals surface area contributed by atoms with E-state index < -0.39 is 0 Å². The van der Waals surface area contributed by atoms with Crippen molar-refractivity contribution < 1.29 is 9.59 Å². The van der Waals surface area contributed by atoms with Crippen LogP contribution in [-0.2, 0) is 9.59 Å². The normalized spacial score (nSPS) is 10.6. The van der Waals surface area contributed by atoms with Crippen LogP contribution in [0, 0.1) is 0 Å². The molecule has 2 amide bonds. The first-order valence-corrected chi connectivity index (χ1v) is 9.50. The molecule has 0 aliphatic carbocycles. The number of carbonyl (C=O) groups excluding carboxylic acids is 2. The number of para-hydroxylation sites is 1. The van der Waals surface area contributed by atoms with E-state index in [-0.39, 0.29) is 18.4 Å². The van der Waals surface area contributed by atoms with Gasteiger partial charge in [-0.2, -0.15) is 0 Å². The van der Waals surface area contributed by atoms with Gasteiger partial charge in [-0.25, -0.2) is 0 Å². The van der Waals surface area contributed by atoms with Crippen molar-refractivity contribution in [2.45, 2.75) is 39.5 Å². The van der Waals surface area contributed by atoms with Gasteiger partial charge < -0.3 is 16.0 Å². The van der Waals surface area contributed by atoms with E-state index in [9.17, 15) is 9.59 Å².